The van der Waals surface area contributed by atoms with Gasteiger partial charge in [0.2, 0.25) is 0 Å². The Morgan fingerprint density at radius 3 is 2.48 bits per heavy atom. The maximum atomic E-state index is 12.2. The summed E-state index contributed by atoms with van der Waals surface area (Å²) in [5.41, 5.74) is 3.03. The minimum Gasteiger partial charge on any atom is -0.487 e. The van der Waals surface area contributed by atoms with Crippen LogP contribution in [0.25, 0.3) is 0 Å². The van der Waals surface area contributed by atoms with Crippen LogP contribution >= 0.6 is 0 Å². The maximum absolute atomic E-state index is 12.2. The predicted molar refractivity (Wildman–Crippen MR) is 121 cm³/mol. The van der Waals surface area contributed by atoms with E-state index in [4.69, 9.17) is 9.47 Å². The third-order valence-corrected chi connectivity index (χ3v) is 6.97. The Bertz CT molecular complexity index is 941. The normalized spacial score (nSPS) is 27.0. The molecule has 0 bridgehead atoms. The lowest BCUT2D eigenvalue weighted by Gasteiger charge is -2.50. The molecular formula is C27H34O4. The second-order valence-corrected chi connectivity index (χ2v) is 10.6. The van der Waals surface area contributed by atoms with Crippen LogP contribution in [0.1, 0.15) is 70.3 Å². The van der Waals surface area contributed by atoms with Gasteiger partial charge in [-0.15, -0.1) is 0 Å². The minimum absolute atomic E-state index is 0.00991. The molecule has 0 unspecified atom stereocenters. The molecule has 4 atom stereocenters. The standard InChI is InChI=1S/C27H34O4/c1-26(2,3)18-12-14-23-19(15-18)24-21(27(4,5)31-23)16-20(25(28)29)22(30-24)13-11-17-9-7-6-8-10-17/h6-10,12,14-15,20-22,24H,11,13,16H2,1-5H3,(H,28,29)/t20-,21+,22+,24-/m0/s1. The minimum atomic E-state index is -0.776. The summed E-state index contributed by atoms with van der Waals surface area (Å²) in [5, 5.41) is 9.99. The van der Waals surface area contributed by atoms with E-state index < -0.39 is 17.5 Å². The number of hydrogen-bond donors (Lipinski definition) is 1. The van der Waals surface area contributed by atoms with Gasteiger partial charge in [0.15, 0.2) is 0 Å². The molecule has 31 heavy (non-hydrogen) atoms. The summed E-state index contributed by atoms with van der Waals surface area (Å²) in [6, 6.07) is 16.6. The van der Waals surface area contributed by atoms with Gasteiger partial charge in [0, 0.05) is 11.5 Å². The van der Waals surface area contributed by atoms with Gasteiger partial charge in [-0.05, 0) is 61.8 Å². The van der Waals surface area contributed by atoms with Gasteiger partial charge in [-0.1, -0.05) is 57.2 Å². The Hall–Kier alpha value is -2.33. The topological polar surface area (TPSA) is 55.8 Å². The summed E-state index contributed by atoms with van der Waals surface area (Å²) >= 11 is 0. The van der Waals surface area contributed by atoms with E-state index in [2.05, 4.69) is 65.0 Å². The fourth-order valence-electron chi connectivity index (χ4n) is 5.04. The third kappa shape index (κ3) is 4.36. The van der Waals surface area contributed by atoms with Crippen LogP contribution in [-0.4, -0.2) is 22.8 Å². The van der Waals surface area contributed by atoms with Crippen LogP contribution in [0.2, 0.25) is 0 Å². The molecule has 0 amide bonds. The summed E-state index contributed by atoms with van der Waals surface area (Å²) in [6.45, 7) is 10.7. The van der Waals surface area contributed by atoms with E-state index in [1.807, 2.05) is 18.2 Å². The van der Waals surface area contributed by atoms with Crippen LogP contribution in [0.5, 0.6) is 5.75 Å². The van der Waals surface area contributed by atoms with Gasteiger partial charge < -0.3 is 14.6 Å². The van der Waals surface area contributed by atoms with Gasteiger partial charge in [-0.2, -0.15) is 0 Å². The van der Waals surface area contributed by atoms with Crippen molar-refractivity contribution in [2.24, 2.45) is 11.8 Å². The molecule has 1 fully saturated rings. The van der Waals surface area contributed by atoms with E-state index in [0.29, 0.717) is 12.8 Å². The lowest BCUT2D eigenvalue weighted by molar-refractivity contribution is -0.188. The Kier molecular flexibility index (Phi) is 5.63. The van der Waals surface area contributed by atoms with Gasteiger partial charge in [0.25, 0.3) is 0 Å². The van der Waals surface area contributed by atoms with Crippen LogP contribution in [0.15, 0.2) is 48.5 Å². The number of carboxylic acid groups (broad SMARTS) is 1. The van der Waals surface area contributed by atoms with E-state index in [1.54, 1.807) is 0 Å². The van der Waals surface area contributed by atoms with Crippen molar-refractivity contribution in [2.75, 3.05) is 0 Å². The molecule has 1 N–H and O–H groups in total. The largest absolute Gasteiger partial charge is 0.487 e. The van der Waals surface area contributed by atoms with Crippen molar-refractivity contribution in [1.29, 1.82) is 0 Å². The quantitative estimate of drug-likeness (QED) is 0.663. The molecule has 0 aromatic heterocycles. The van der Waals surface area contributed by atoms with Crippen molar-refractivity contribution >= 4 is 5.97 Å². The molecule has 0 radical (unpaired) electrons. The number of carboxylic acids is 1. The van der Waals surface area contributed by atoms with Crippen LogP contribution in [0.3, 0.4) is 0 Å². The third-order valence-electron chi connectivity index (χ3n) is 6.97. The van der Waals surface area contributed by atoms with Crippen LogP contribution in [0.4, 0.5) is 0 Å². The lowest BCUT2D eigenvalue weighted by atomic mass is 9.70. The summed E-state index contributed by atoms with van der Waals surface area (Å²) < 4.78 is 13.0. The highest BCUT2D eigenvalue weighted by molar-refractivity contribution is 5.71. The molecule has 0 spiro atoms. The Morgan fingerprint density at radius 2 is 1.84 bits per heavy atom. The second-order valence-electron chi connectivity index (χ2n) is 10.6. The number of fused-ring (bicyclic) bond motifs is 3. The highest BCUT2D eigenvalue weighted by Gasteiger charge is 2.52. The molecule has 2 aliphatic heterocycles. The van der Waals surface area contributed by atoms with Crippen molar-refractivity contribution < 1.29 is 19.4 Å². The number of rotatable bonds is 4. The first-order chi connectivity index (χ1) is 14.6. The van der Waals surface area contributed by atoms with E-state index in [0.717, 1.165) is 17.7 Å². The highest BCUT2D eigenvalue weighted by atomic mass is 16.5. The van der Waals surface area contributed by atoms with Crippen molar-refractivity contribution in [1.82, 2.24) is 0 Å². The van der Waals surface area contributed by atoms with E-state index >= 15 is 0 Å². The molecule has 2 aromatic carbocycles. The molecule has 0 saturated carbocycles. The Labute approximate surface area is 185 Å². The van der Waals surface area contributed by atoms with Gasteiger partial charge in [-0.3, -0.25) is 4.79 Å². The molecule has 2 aromatic rings. The zero-order valence-electron chi connectivity index (χ0n) is 19.2. The molecule has 166 valence electrons. The molecule has 2 heterocycles. The van der Waals surface area contributed by atoms with Crippen molar-refractivity contribution in [2.45, 2.75) is 77.1 Å². The molecule has 4 nitrogen and oxygen atoms in total. The number of carbonyl (C=O) groups is 1. The average molecular weight is 423 g/mol. The number of ether oxygens (including phenoxy) is 2. The van der Waals surface area contributed by atoms with Gasteiger partial charge in [0.1, 0.15) is 11.4 Å². The molecular weight excluding hydrogens is 388 g/mol. The van der Waals surface area contributed by atoms with Crippen LogP contribution < -0.4 is 4.74 Å². The SMILES string of the molecule is CC(C)(C)c1ccc2c(c1)[C@@H]1O[C@H](CCc3ccccc3)[C@@H](C(=O)O)C[C@H]1C(C)(C)O2. The first-order valence-corrected chi connectivity index (χ1v) is 11.3. The summed E-state index contributed by atoms with van der Waals surface area (Å²) in [6.07, 6.45) is 1.59. The van der Waals surface area contributed by atoms with E-state index in [1.165, 1.54) is 11.1 Å². The number of aliphatic carboxylic acids is 1. The Balaban J connectivity index is 1.67. The Morgan fingerprint density at radius 1 is 1.13 bits per heavy atom. The van der Waals surface area contributed by atoms with Gasteiger partial charge in [-0.25, -0.2) is 0 Å². The van der Waals surface area contributed by atoms with Gasteiger partial charge >= 0.3 is 5.97 Å². The lowest BCUT2D eigenvalue weighted by Crippen LogP contribution is -2.52. The number of hydrogen-bond acceptors (Lipinski definition) is 3. The fourth-order valence-corrected chi connectivity index (χ4v) is 5.04. The molecule has 1 saturated heterocycles. The zero-order chi connectivity index (χ0) is 22.4. The zero-order valence-corrected chi connectivity index (χ0v) is 19.2. The summed E-state index contributed by atoms with van der Waals surface area (Å²) in [5.74, 6) is -0.458. The van der Waals surface area contributed by atoms with Crippen LogP contribution in [0, 0.1) is 11.8 Å². The van der Waals surface area contributed by atoms with Crippen molar-refractivity contribution in [3.8, 4) is 5.75 Å². The van der Waals surface area contributed by atoms with E-state index in [9.17, 15) is 9.90 Å². The number of benzene rings is 2. The van der Waals surface area contributed by atoms with E-state index in [-0.39, 0.29) is 23.5 Å². The summed E-state index contributed by atoms with van der Waals surface area (Å²) in [7, 11) is 0. The van der Waals surface area contributed by atoms with Gasteiger partial charge in [0.05, 0.1) is 18.1 Å². The average Bonchev–Trinajstić information content (AvgIpc) is 2.71. The summed E-state index contributed by atoms with van der Waals surface area (Å²) in [4.78, 5) is 12.2. The molecule has 0 aliphatic carbocycles. The van der Waals surface area contributed by atoms with Crippen LogP contribution in [-0.2, 0) is 21.4 Å². The second kappa shape index (κ2) is 7.98. The first kappa shape index (κ1) is 21.9. The maximum Gasteiger partial charge on any atom is 0.309 e. The highest BCUT2D eigenvalue weighted by Crippen LogP contribution is 2.53. The molecule has 4 heteroatoms. The monoisotopic (exact) mass is 422 g/mol. The first-order valence-electron chi connectivity index (χ1n) is 11.3. The van der Waals surface area contributed by atoms with Crippen molar-refractivity contribution in [3.63, 3.8) is 0 Å². The fraction of sp³-hybridized carbons (Fsp3) is 0.519. The predicted octanol–water partition coefficient (Wildman–Crippen LogP) is 5.93. The smallest absolute Gasteiger partial charge is 0.309 e. The molecule has 4 rings (SSSR count). The van der Waals surface area contributed by atoms with Crippen molar-refractivity contribution in [3.05, 3.63) is 65.2 Å². The molecule has 2 aliphatic rings. The number of aryl methyl sites for hydroxylation is 1.